The van der Waals surface area contributed by atoms with Crippen LogP contribution in [0.4, 0.5) is 5.69 Å². The van der Waals surface area contributed by atoms with Gasteiger partial charge in [0.15, 0.2) is 0 Å². The summed E-state index contributed by atoms with van der Waals surface area (Å²) in [7, 11) is -3.64. The molecule has 4 rings (SSSR count). The molecule has 1 unspecified atom stereocenters. The van der Waals surface area contributed by atoms with Crippen LogP contribution in [0.5, 0.6) is 0 Å². The Morgan fingerprint density at radius 1 is 1.04 bits per heavy atom. The molecular formula is C21H24N2O4S. The molecule has 1 saturated heterocycles. The number of amides is 1. The number of rotatable bonds is 3. The SMILES string of the molecule is CC1CCN(C(=O)c2cccc(S(=O)(=O)N3CCOCC3)c2)c2ccccc21. The van der Waals surface area contributed by atoms with Crippen LogP contribution in [-0.4, -0.2) is 51.5 Å². The first-order chi connectivity index (χ1) is 13.5. The van der Waals surface area contributed by atoms with E-state index in [9.17, 15) is 13.2 Å². The van der Waals surface area contributed by atoms with Gasteiger partial charge in [-0.2, -0.15) is 4.31 Å². The van der Waals surface area contributed by atoms with Crippen molar-refractivity contribution in [2.75, 3.05) is 37.7 Å². The van der Waals surface area contributed by atoms with Crippen molar-refractivity contribution in [3.05, 3.63) is 59.7 Å². The van der Waals surface area contributed by atoms with Crippen LogP contribution in [0, 0.1) is 0 Å². The third-order valence-corrected chi connectivity index (χ3v) is 7.37. The maximum absolute atomic E-state index is 13.2. The smallest absolute Gasteiger partial charge is 0.258 e. The molecule has 28 heavy (non-hydrogen) atoms. The van der Waals surface area contributed by atoms with Gasteiger partial charge in [-0.25, -0.2) is 8.42 Å². The molecule has 2 heterocycles. The van der Waals surface area contributed by atoms with E-state index in [1.54, 1.807) is 23.1 Å². The Bertz CT molecular complexity index is 983. The highest BCUT2D eigenvalue weighted by Gasteiger charge is 2.29. The van der Waals surface area contributed by atoms with Crippen molar-refractivity contribution in [3.8, 4) is 0 Å². The summed E-state index contributed by atoms with van der Waals surface area (Å²) in [5.41, 5.74) is 2.45. The van der Waals surface area contributed by atoms with Gasteiger partial charge in [-0.05, 0) is 42.2 Å². The molecule has 0 radical (unpaired) electrons. The van der Waals surface area contributed by atoms with E-state index < -0.39 is 10.0 Å². The van der Waals surface area contributed by atoms with E-state index in [4.69, 9.17) is 4.74 Å². The summed E-state index contributed by atoms with van der Waals surface area (Å²) in [6, 6.07) is 14.3. The zero-order valence-corrected chi connectivity index (χ0v) is 16.7. The minimum atomic E-state index is -3.64. The molecule has 1 amide bonds. The zero-order chi connectivity index (χ0) is 19.7. The maximum Gasteiger partial charge on any atom is 0.258 e. The van der Waals surface area contributed by atoms with Crippen molar-refractivity contribution in [3.63, 3.8) is 0 Å². The van der Waals surface area contributed by atoms with Crippen LogP contribution >= 0.6 is 0 Å². The number of anilines is 1. The van der Waals surface area contributed by atoms with Crippen LogP contribution in [0.1, 0.15) is 35.2 Å². The summed E-state index contributed by atoms with van der Waals surface area (Å²) in [5, 5.41) is 0. The second kappa shape index (κ2) is 7.66. The molecule has 1 fully saturated rings. The van der Waals surface area contributed by atoms with Crippen LogP contribution in [0.2, 0.25) is 0 Å². The number of hydrogen-bond acceptors (Lipinski definition) is 4. The number of morpholine rings is 1. The molecule has 0 spiro atoms. The largest absolute Gasteiger partial charge is 0.379 e. The lowest BCUT2D eigenvalue weighted by molar-refractivity contribution is 0.0730. The summed E-state index contributed by atoms with van der Waals surface area (Å²) < 4.78 is 32.5. The van der Waals surface area contributed by atoms with Gasteiger partial charge in [-0.1, -0.05) is 31.2 Å². The number of benzene rings is 2. The minimum Gasteiger partial charge on any atom is -0.379 e. The maximum atomic E-state index is 13.2. The number of ether oxygens (including phenoxy) is 1. The summed E-state index contributed by atoms with van der Waals surface area (Å²) in [6.45, 7) is 4.23. The van der Waals surface area contributed by atoms with Crippen LogP contribution in [0.25, 0.3) is 0 Å². The highest BCUT2D eigenvalue weighted by atomic mass is 32.2. The molecule has 6 nitrogen and oxygen atoms in total. The van der Waals surface area contributed by atoms with Crippen LogP contribution in [-0.2, 0) is 14.8 Å². The first-order valence-electron chi connectivity index (χ1n) is 9.57. The van der Waals surface area contributed by atoms with E-state index in [-0.39, 0.29) is 10.8 Å². The molecule has 148 valence electrons. The Morgan fingerprint density at radius 3 is 2.57 bits per heavy atom. The second-order valence-electron chi connectivity index (χ2n) is 7.25. The molecule has 2 aliphatic heterocycles. The number of nitrogens with zero attached hydrogens (tertiary/aromatic N) is 2. The van der Waals surface area contributed by atoms with E-state index in [2.05, 4.69) is 13.0 Å². The van der Waals surface area contributed by atoms with Crippen LogP contribution in [0.15, 0.2) is 53.4 Å². The molecule has 0 saturated carbocycles. The zero-order valence-electron chi connectivity index (χ0n) is 15.9. The normalized spacial score (nSPS) is 20.6. The fourth-order valence-electron chi connectivity index (χ4n) is 3.84. The minimum absolute atomic E-state index is 0.152. The summed E-state index contributed by atoms with van der Waals surface area (Å²) >= 11 is 0. The predicted molar refractivity (Wildman–Crippen MR) is 107 cm³/mol. The van der Waals surface area contributed by atoms with Gasteiger partial charge in [0.05, 0.1) is 18.1 Å². The van der Waals surface area contributed by atoms with E-state index in [1.807, 2.05) is 18.2 Å². The van der Waals surface area contributed by atoms with Crippen molar-refractivity contribution >= 4 is 21.6 Å². The molecule has 0 bridgehead atoms. The molecule has 2 aromatic carbocycles. The predicted octanol–water partition coefficient (Wildman–Crippen LogP) is 2.86. The number of carbonyl (C=O) groups excluding carboxylic acids is 1. The van der Waals surface area contributed by atoms with Gasteiger partial charge in [0, 0.05) is 30.9 Å². The lowest BCUT2D eigenvalue weighted by atomic mass is 9.91. The number of sulfonamides is 1. The third-order valence-electron chi connectivity index (χ3n) is 5.48. The molecule has 0 N–H and O–H groups in total. The van der Waals surface area contributed by atoms with Gasteiger partial charge < -0.3 is 9.64 Å². The Kier molecular flexibility index (Phi) is 5.23. The first kappa shape index (κ1) is 19.1. The lowest BCUT2D eigenvalue weighted by Gasteiger charge is -2.33. The highest BCUT2D eigenvalue weighted by molar-refractivity contribution is 7.89. The molecule has 0 aliphatic carbocycles. The van der Waals surface area contributed by atoms with E-state index in [1.165, 1.54) is 10.4 Å². The molecule has 0 aromatic heterocycles. The molecule has 1 atom stereocenters. The summed E-state index contributed by atoms with van der Waals surface area (Å²) in [4.78, 5) is 15.1. The van der Waals surface area contributed by atoms with Crippen molar-refractivity contribution < 1.29 is 17.9 Å². The second-order valence-corrected chi connectivity index (χ2v) is 9.19. The van der Waals surface area contributed by atoms with E-state index in [0.29, 0.717) is 44.3 Å². The highest BCUT2D eigenvalue weighted by Crippen LogP contribution is 2.35. The van der Waals surface area contributed by atoms with Gasteiger partial charge in [-0.15, -0.1) is 0 Å². The standard InChI is InChI=1S/C21H24N2O4S/c1-16-9-10-23(20-8-3-2-7-19(16)20)21(24)17-5-4-6-18(15-17)28(25,26)22-11-13-27-14-12-22/h2-8,15-16H,9-14H2,1H3. The van der Waals surface area contributed by atoms with E-state index in [0.717, 1.165) is 17.7 Å². The van der Waals surface area contributed by atoms with Gasteiger partial charge in [0.2, 0.25) is 10.0 Å². The fraction of sp³-hybridized carbons (Fsp3) is 0.381. The molecular weight excluding hydrogens is 376 g/mol. The Labute approximate surface area is 165 Å². The Morgan fingerprint density at radius 2 is 1.79 bits per heavy atom. The molecule has 7 heteroatoms. The van der Waals surface area contributed by atoms with Gasteiger partial charge in [0.1, 0.15) is 0 Å². The number of hydrogen-bond donors (Lipinski definition) is 0. The number of fused-ring (bicyclic) bond motifs is 1. The number of carbonyl (C=O) groups is 1. The van der Waals surface area contributed by atoms with Crippen molar-refractivity contribution in [1.82, 2.24) is 4.31 Å². The fourth-order valence-corrected chi connectivity index (χ4v) is 5.30. The third kappa shape index (κ3) is 3.45. The Balaban J connectivity index is 1.65. The van der Waals surface area contributed by atoms with Gasteiger partial charge in [0.25, 0.3) is 5.91 Å². The Hall–Kier alpha value is -2.22. The average Bonchev–Trinajstić information content (AvgIpc) is 2.74. The monoisotopic (exact) mass is 400 g/mol. The summed E-state index contributed by atoms with van der Waals surface area (Å²) in [6.07, 6.45) is 0.883. The van der Waals surface area contributed by atoms with Crippen molar-refractivity contribution in [2.24, 2.45) is 0 Å². The first-order valence-corrected chi connectivity index (χ1v) is 11.0. The topological polar surface area (TPSA) is 66.9 Å². The quantitative estimate of drug-likeness (QED) is 0.795. The summed E-state index contributed by atoms with van der Waals surface area (Å²) in [5.74, 6) is 0.228. The lowest BCUT2D eigenvalue weighted by Crippen LogP contribution is -2.40. The van der Waals surface area contributed by atoms with Gasteiger partial charge in [-0.3, -0.25) is 4.79 Å². The number of para-hydroxylation sites is 1. The van der Waals surface area contributed by atoms with Crippen LogP contribution < -0.4 is 4.90 Å². The molecule has 2 aliphatic rings. The van der Waals surface area contributed by atoms with Crippen molar-refractivity contribution in [1.29, 1.82) is 0 Å². The molecule has 2 aromatic rings. The van der Waals surface area contributed by atoms with Crippen molar-refractivity contribution in [2.45, 2.75) is 24.2 Å². The van der Waals surface area contributed by atoms with Gasteiger partial charge >= 0.3 is 0 Å². The average molecular weight is 401 g/mol. The van der Waals surface area contributed by atoms with Crippen LogP contribution in [0.3, 0.4) is 0 Å². The van der Waals surface area contributed by atoms with E-state index >= 15 is 0 Å².